The first-order valence-electron chi connectivity index (χ1n) is 9.60. The molecule has 30 heavy (non-hydrogen) atoms. The van der Waals surface area contributed by atoms with E-state index in [1.165, 1.54) is 0 Å². The summed E-state index contributed by atoms with van der Waals surface area (Å²) in [6, 6.07) is 20.3. The van der Waals surface area contributed by atoms with Gasteiger partial charge in [0.1, 0.15) is 5.75 Å². The topological polar surface area (TPSA) is 75.7 Å². The van der Waals surface area contributed by atoms with E-state index in [1.807, 2.05) is 13.8 Å². The summed E-state index contributed by atoms with van der Waals surface area (Å²) in [7, 11) is 0. The van der Waals surface area contributed by atoms with Crippen molar-refractivity contribution in [3.63, 3.8) is 0 Å². The number of rotatable bonds is 5. The van der Waals surface area contributed by atoms with Gasteiger partial charge in [-0.15, -0.1) is 0 Å². The third-order valence-electron chi connectivity index (χ3n) is 4.62. The molecule has 0 atom stereocenters. The van der Waals surface area contributed by atoms with Gasteiger partial charge in [-0.1, -0.05) is 24.3 Å². The van der Waals surface area contributed by atoms with Gasteiger partial charge >= 0.3 is 0 Å². The summed E-state index contributed by atoms with van der Waals surface area (Å²) in [5, 5.41) is 2.81. The Bertz CT molecular complexity index is 1120. The van der Waals surface area contributed by atoms with Crippen LogP contribution in [0.15, 0.2) is 72.8 Å². The molecule has 150 valence electrons. The molecule has 6 nitrogen and oxygen atoms in total. The van der Waals surface area contributed by atoms with E-state index in [-0.39, 0.29) is 23.8 Å². The first-order valence-corrected chi connectivity index (χ1v) is 9.60. The van der Waals surface area contributed by atoms with Crippen LogP contribution in [0.5, 0.6) is 5.75 Å². The average molecular weight is 400 g/mol. The number of hydrogen-bond acceptors (Lipinski definition) is 4. The Labute approximate surface area is 174 Å². The van der Waals surface area contributed by atoms with Crippen LogP contribution in [0.1, 0.15) is 44.9 Å². The minimum atomic E-state index is -0.377. The van der Waals surface area contributed by atoms with Crippen LogP contribution in [0.3, 0.4) is 0 Å². The standard InChI is InChI=1S/C24H20N2O4/c1-15(2)30-19-10-5-7-16(13-19)22(27)25-17-8-6-9-18(14-17)26-23(28)20-11-3-4-12-21(20)24(26)29/h3-15H,1-2H3,(H,25,27). The van der Waals surface area contributed by atoms with Crippen LogP contribution in [0, 0.1) is 0 Å². The monoisotopic (exact) mass is 400 g/mol. The fraction of sp³-hybridized carbons (Fsp3) is 0.125. The molecule has 0 saturated carbocycles. The van der Waals surface area contributed by atoms with E-state index in [4.69, 9.17) is 4.74 Å². The zero-order chi connectivity index (χ0) is 21.3. The van der Waals surface area contributed by atoms with Gasteiger partial charge < -0.3 is 10.1 Å². The summed E-state index contributed by atoms with van der Waals surface area (Å²) in [4.78, 5) is 39.2. The molecule has 4 rings (SSSR count). The van der Waals surface area contributed by atoms with Gasteiger partial charge in [-0.05, 0) is 62.4 Å². The van der Waals surface area contributed by atoms with Crippen LogP contribution >= 0.6 is 0 Å². The number of nitrogens with one attached hydrogen (secondary N) is 1. The van der Waals surface area contributed by atoms with Crippen molar-refractivity contribution in [1.29, 1.82) is 0 Å². The van der Waals surface area contributed by atoms with E-state index in [0.717, 1.165) is 4.90 Å². The number of carbonyl (C=O) groups excluding carboxylic acids is 3. The zero-order valence-corrected chi connectivity index (χ0v) is 16.6. The minimum Gasteiger partial charge on any atom is -0.491 e. The predicted molar refractivity (Wildman–Crippen MR) is 114 cm³/mol. The van der Waals surface area contributed by atoms with Crippen LogP contribution in [0.25, 0.3) is 0 Å². The van der Waals surface area contributed by atoms with Crippen molar-refractivity contribution in [2.24, 2.45) is 0 Å². The molecule has 3 amide bonds. The highest BCUT2D eigenvalue weighted by Crippen LogP contribution is 2.30. The Hall–Kier alpha value is -3.93. The van der Waals surface area contributed by atoms with Crippen molar-refractivity contribution < 1.29 is 19.1 Å². The Morgan fingerprint density at radius 3 is 2.20 bits per heavy atom. The second-order valence-corrected chi connectivity index (χ2v) is 7.19. The Balaban J connectivity index is 1.56. The normalized spacial score (nSPS) is 12.8. The molecule has 0 bridgehead atoms. The van der Waals surface area contributed by atoms with Crippen molar-refractivity contribution in [2.45, 2.75) is 20.0 Å². The van der Waals surface area contributed by atoms with Crippen LogP contribution in [0.4, 0.5) is 11.4 Å². The number of ether oxygens (including phenoxy) is 1. The van der Waals surface area contributed by atoms with Crippen molar-refractivity contribution in [3.8, 4) is 5.75 Å². The molecular weight excluding hydrogens is 380 g/mol. The van der Waals surface area contributed by atoms with Gasteiger partial charge in [-0.3, -0.25) is 14.4 Å². The molecule has 0 aromatic heterocycles. The molecule has 1 aliphatic rings. The summed E-state index contributed by atoms with van der Waals surface area (Å²) >= 11 is 0. The molecule has 1 heterocycles. The van der Waals surface area contributed by atoms with Crippen molar-refractivity contribution in [1.82, 2.24) is 0 Å². The number of nitrogens with zero attached hydrogens (tertiary/aromatic N) is 1. The third-order valence-corrected chi connectivity index (χ3v) is 4.62. The van der Waals surface area contributed by atoms with Gasteiger partial charge in [0.25, 0.3) is 17.7 Å². The number of anilines is 2. The number of carbonyl (C=O) groups is 3. The molecule has 1 aliphatic heterocycles. The molecule has 0 aliphatic carbocycles. The first kappa shape index (κ1) is 19.4. The molecule has 0 radical (unpaired) electrons. The lowest BCUT2D eigenvalue weighted by Gasteiger charge is -2.15. The van der Waals surface area contributed by atoms with Crippen molar-refractivity contribution in [3.05, 3.63) is 89.5 Å². The van der Waals surface area contributed by atoms with Crippen molar-refractivity contribution in [2.75, 3.05) is 10.2 Å². The number of imide groups is 1. The average Bonchev–Trinajstić information content (AvgIpc) is 2.98. The molecule has 0 fully saturated rings. The second kappa shape index (κ2) is 7.83. The summed E-state index contributed by atoms with van der Waals surface area (Å²) in [6.45, 7) is 3.83. The lowest BCUT2D eigenvalue weighted by atomic mass is 10.1. The SMILES string of the molecule is CC(C)Oc1cccc(C(=O)Nc2cccc(N3C(=O)c4ccccc4C3=O)c2)c1. The maximum Gasteiger partial charge on any atom is 0.266 e. The van der Waals surface area contributed by atoms with E-state index in [0.29, 0.717) is 33.8 Å². The molecule has 6 heteroatoms. The second-order valence-electron chi connectivity index (χ2n) is 7.19. The zero-order valence-electron chi connectivity index (χ0n) is 16.6. The Kier molecular flexibility index (Phi) is 5.06. The fourth-order valence-corrected chi connectivity index (χ4v) is 3.33. The van der Waals surface area contributed by atoms with Crippen LogP contribution < -0.4 is 15.0 Å². The number of benzene rings is 3. The molecule has 1 N–H and O–H groups in total. The maximum atomic E-state index is 12.7. The minimum absolute atomic E-state index is 0.000323. The highest BCUT2D eigenvalue weighted by atomic mass is 16.5. The Morgan fingerprint density at radius 1 is 0.867 bits per heavy atom. The highest BCUT2D eigenvalue weighted by Gasteiger charge is 2.36. The summed E-state index contributed by atoms with van der Waals surface area (Å²) in [5.74, 6) is -0.462. The van der Waals surface area contributed by atoms with E-state index < -0.39 is 0 Å². The number of amides is 3. The number of hydrogen-bond donors (Lipinski definition) is 1. The fourth-order valence-electron chi connectivity index (χ4n) is 3.33. The molecular formula is C24H20N2O4. The summed E-state index contributed by atoms with van der Waals surface area (Å²) < 4.78 is 5.63. The van der Waals surface area contributed by atoms with Gasteiger partial charge in [0, 0.05) is 11.3 Å². The van der Waals surface area contributed by atoms with Gasteiger partial charge in [0.05, 0.1) is 22.9 Å². The van der Waals surface area contributed by atoms with Crippen LogP contribution in [0.2, 0.25) is 0 Å². The first-order chi connectivity index (χ1) is 14.4. The molecule has 0 spiro atoms. The smallest absolute Gasteiger partial charge is 0.266 e. The van der Waals surface area contributed by atoms with E-state index in [1.54, 1.807) is 72.8 Å². The predicted octanol–water partition coefficient (Wildman–Crippen LogP) is 4.53. The molecule has 0 saturated heterocycles. The van der Waals surface area contributed by atoms with Crippen LogP contribution in [-0.2, 0) is 0 Å². The van der Waals surface area contributed by atoms with Gasteiger partial charge in [0.15, 0.2) is 0 Å². The van der Waals surface area contributed by atoms with E-state index in [2.05, 4.69) is 5.32 Å². The molecule has 3 aromatic rings. The summed E-state index contributed by atoms with van der Waals surface area (Å²) in [5.41, 5.74) is 2.07. The lowest BCUT2D eigenvalue weighted by molar-refractivity contribution is 0.0925. The van der Waals surface area contributed by atoms with Gasteiger partial charge in [-0.25, -0.2) is 4.90 Å². The highest BCUT2D eigenvalue weighted by molar-refractivity contribution is 6.34. The van der Waals surface area contributed by atoms with Gasteiger partial charge in [0.2, 0.25) is 0 Å². The third kappa shape index (κ3) is 3.67. The molecule has 0 unspecified atom stereocenters. The Morgan fingerprint density at radius 2 is 1.53 bits per heavy atom. The van der Waals surface area contributed by atoms with Gasteiger partial charge in [-0.2, -0.15) is 0 Å². The number of fused-ring (bicyclic) bond motifs is 1. The summed E-state index contributed by atoms with van der Waals surface area (Å²) in [6.07, 6.45) is -0.000323. The van der Waals surface area contributed by atoms with Crippen LogP contribution in [-0.4, -0.2) is 23.8 Å². The molecule has 3 aromatic carbocycles. The maximum absolute atomic E-state index is 12.7. The van der Waals surface area contributed by atoms with E-state index in [9.17, 15) is 14.4 Å². The van der Waals surface area contributed by atoms with E-state index >= 15 is 0 Å². The van der Waals surface area contributed by atoms with Crippen molar-refractivity contribution >= 4 is 29.1 Å². The largest absolute Gasteiger partial charge is 0.491 e. The lowest BCUT2D eigenvalue weighted by Crippen LogP contribution is -2.29. The quantitative estimate of drug-likeness (QED) is 0.639.